The molecule has 3 aromatic carbocycles. The van der Waals surface area contributed by atoms with Gasteiger partial charge in [-0.15, -0.1) is 5.10 Å². The van der Waals surface area contributed by atoms with Crippen LogP contribution in [0.25, 0.3) is 22.2 Å². The van der Waals surface area contributed by atoms with Crippen LogP contribution in [-0.2, 0) is 0 Å². The number of nitrogens with one attached hydrogen (secondary N) is 1. The van der Waals surface area contributed by atoms with Crippen molar-refractivity contribution >= 4 is 22.4 Å². The van der Waals surface area contributed by atoms with Gasteiger partial charge in [-0.25, -0.2) is 4.68 Å². The summed E-state index contributed by atoms with van der Waals surface area (Å²) < 4.78 is 1.88. The monoisotopic (exact) mass is 355 g/mol. The highest BCUT2D eigenvalue weighted by Crippen LogP contribution is 2.36. The first-order chi connectivity index (χ1) is 13.3. The van der Waals surface area contributed by atoms with Crippen LogP contribution in [0.2, 0.25) is 0 Å². The van der Waals surface area contributed by atoms with E-state index in [4.69, 9.17) is 0 Å². The molecule has 1 saturated carbocycles. The van der Waals surface area contributed by atoms with Gasteiger partial charge in [-0.2, -0.15) is 0 Å². The molecule has 1 heterocycles. The minimum Gasteiger partial charge on any atom is -0.322 e. The van der Waals surface area contributed by atoms with Crippen molar-refractivity contribution < 1.29 is 4.79 Å². The van der Waals surface area contributed by atoms with Crippen molar-refractivity contribution in [3.63, 3.8) is 0 Å². The molecule has 0 spiro atoms. The number of carbonyl (C=O) groups is 1. The van der Waals surface area contributed by atoms with Crippen molar-refractivity contribution in [1.29, 1.82) is 0 Å². The lowest BCUT2D eigenvalue weighted by Gasteiger charge is -2.08. The van der Waals surface area contributed by atoms with Crippen molar-refractivity contribution in [2.24, 2.45) is 0 Å². The highest BCUT2D eigenvalue weighted by atomic mass is 16.1. The van der Waals surface area contributed by atoms with E-state index in [1.54, 1.807) is 0 Å². The van der Waals surface area contributed by atoms with Gasteiger partial charge in [0.25, 0.3) is 5.91 Å². The van der Waals surface area contributed by atoms with Gasteiger partial charge in [0.05, 0.1) is 6.04 Å². The first-order valence-corrected chi connectivity index (χ1v) is 8.96. The average molecular weight is 355 g/mol. The second kappa shape index (κ2) is 6.32. The molecule has 0 unspecified atom stereocenters. The number of anilines is 1. The number of benzene rings is 3. The molecule has 0 aliphatic heterocycles. The number of hydrogen-bond acceptors (Lipinski definition) is 4. The number of nitrogens with zero attached hydrogens (tertiary/aromatic N) is 4. The summed E-state index contributed by atoms with van der Waals surface area (Å²) in [7, 11) is 0. The third-order valence-corrected chi connectivity index (χ3v) is 4.80. The maximum atomic E-state index is 12.6. The zero-order valence-electron chi connectivity index (χ0n) is 14.5. The fourth-order valence-electron chi connectivity index (χ4n) is 3.19. The number of rotatable bonds is 4. The van der Waals surface area contributed by atoms with E-state index in [0.717, 1.165) is 40.7 Å². The zero-order valence-corrected chi connectivity index (χ0v) is 14.5. The quantitative estimate of drug-likeness (QED) is 0.599. The lowest BCUT2D eigenvalue weighted by atomic mass is 10.1. The lowest BCUT2D eigenvalue weighted by Crippen LogP contribution is -2.11. The number of amides is 1. The van der Waals surface area contributed by atoms with Crippen LogP contribution in [0.15, 0.2) is 66.7 Å². The molecular formula is C21H17N5O. The van der Waals surface area contributed by atoms with E-state index < -0.39 is 0 Å². The van der Waals surface area contributed by atoms with Gasteiger partial charge in [0.2, 0.25) is 0 Å². The molecular weight excluding hydrogens is 338 g/mol. The normalized spacial score (nSPS) is 13.6. The highest BCUT2D eigenvalue weighted by molar-refractivity contribution is 6.06. The third-order valence-electron chi connectivity index (χ3n) is 4.80. The minimum absolute atomic E-state index is 0.128. The van der Waals surface area contributed by atoms with Gasteiger partial charge in [0.15, 0.2) is 5.82 Å². The molecule has 6 heteroatoms. The van der Waals surface area contributed by atoms with Crippen LogP contribution in [0.3, 0.4) is 0 Å². The summed E-state index contributed by atoms with van der Waals surface area (Å²) in [5.74, 6) is 0.640. The Morgan fingerprint density at radius 3 is 2.52 bits per heavy atom. The Morgan fingerprint density at radius 2 is 1.74 bits per heavy atom. The summed E-state index contributed by atoms with van der Waals surface area (Å²) in [5, 5.41) is 17.1. The third kappa shape index (κ3) is 3.06. The Kier molecular flexibility index (Phi) is 3.67. The van der Waals surface area contributed by atoms with Gasteiger partial charge in [0, 0.05) is 16.8 Å². The minimum atomic E-state index is -0.128. The second-order valence-corrected chi connectivity index (χ2v) is 6.77. The topological polar surface area (TPSA) is 72.7 Å². The number of aromatic nitrogens is 4. The molecule has 4 aromatic rings. The molecule has 1 N–H and O–H groups in total. The van der Waals surface area contributed by atoms with E-state index in [1.165, 1.54) is 0 Å². The Morgan fingerprint density at radius 1 is 0.963 bits per heavy atom. The maximum absolute atomic E-state index is 12.6. The number of fused-ring (bicyclic) bond motifs is 1. The molecule has 0 bridgehead atoms. The van der Waals surface area contributed by atoms with Gasteiger partial charge < -0.3 is 5.32 Å². The van der Waals surface area contributed by atoms with Crippen molar-refractivity contribution in [1.82, 2.24) is 20.2 Å². The standard InChI is InChI=1S/C21H17N5O/c27-21(17-6-5-14-3-1-2-4-16(14)13-17)22-18-9-7-15(8-10-18)20-23-24-25-26(20)19-11-12-19/h1-10,13,19H,11-12H2,(H,22,27). The van der Waals surface area contributed by atoms with Gasteiger partial charge in [-0.05, 0) is 70.4 Å². The maximum Gasteiger partial charge on any atom is 0.255 e. The summed E-state index contributed by atoms with van der Waals surface area (Å²) in [4.78, 5) is 12.6. The smallest absolute Gasteiger partial charge is 0.255 e. The fraction of sp³-hybridized carbons (Fsp3) is 0.143. The van der Waals surface area contributed by atoms with E-state index in [2.05, 4.69) is 20.8 Å². The largest absolute Gasteiger partial charge is 0.322 e. The fourth-order valence-corrected chi connectivity index (χ4v) is 3.19. The van der Waals surface area contributed by atoms with Gasteiger partial charge in [-0.1, -0.05) is 30.3 Å². The van der Waals surface area contributed by atoms with Crippen LogP contribution in [0.5, 0.6) is 0 Å². The van der Waals surface area contributed by atoms with Gasteiger partial charge >= 0.3 is 0 Å². The molecule has 1 aliphatic carbocycles. The lowest BCUT2D eigenvalue weighted by molar-refractivity contribution is 0.102. The van der Waals surface area contributed by atoms with Gasteiger partial charge in [0.1, 0.15) is 0 Å². The first kappa shape index (κ1) is 15.7. The first-order valence-electron chi connectivity index (χ1n) is 8.96. The van der Waals surface area contributed by atoms with E-state index in [0.29, 0.717) is 11.6 Å². The molecule has 1 aliphatic rings. The molecule has 0 saturated heterocycles. The number of hydrogen-bond donors (Lipinski definition) is 1. The molecule has 0 radical (unpaired) electrons. The number of carbonyl (C=O) groups excluding carboxylic acids is 1. The van der Waals surface area contributed by atoms with Crippen LogP contribution < -0.4 is 5.32 Å². The van der Waals surface area contributed by atoms with Crippen LogP contribution in [0.1, 0.15) is 29.2 Å². The molecule has 1 fully saturated rings. The predicted molar refractivity (Wildman–Crippen MR) is 103 cm³/mol. The second-order valence-electron chi connectivity index (χ2n) is 6.77. The van der Waals surface area contributed by atoms with E-state index in [-0.39, 0.29) is 5.91 Å². The highest BCUT2D eigenvalue weighted by Gasteiger charge is 2.28. The Balaban J connectivity index is 1.35. The summed E-state index contributed by atoms with van der Waals surface area (Å²) in [5.41, 5.74) is 2.31. The molecule has 27 heavy (non-hydrogen) atoms. The Hall–Kier alpha value is -3.54. The Labute approximate surface area is 155 Å². The molecule has 132 valence electrons. The molecule has 5 rings (SSSR count). The predicted octanol–water partition coefficient (Wildman–Crippen LogP) is 4.08. The number of tetrazole rings is 1. The van der Waals surface area contributed by atoms with Crippen LogP contribution >= 0.6 is 0 Å². The molecule has 1 amide bonds. The van der Waals surface area contributed by atoms with Crippen LogP contribution in [-0.4, -0.2) is 26.1 Å². The molecule has 6 nitrogen and oxygen atoms in total. The summed E-state index contributed by atoms with van der Waals surface area (Å²) in [6.07, 6.45) is 2.25. The van der Waals surface area contributed by atoms with Gasteiger partial charge in [-0.3, -0.25) is 4.79 Å². The van der Waals surface area contributed by atoms with Crippen molar-refractivity contribution in [3.05, 3.63) is 72.3 Å². The SMILES string of the molecule is O=C(Nc1ccc(-c2nnnn2C2CC2)cc1)c1ccc2ccccc2c1. The zero-order chi connectivity index (χ0) is 18.2. The van der Waals surface area contributed by atoms with Crippen molar-refractivity contribution in [2.75, 3.05) is 5.32 Å². The van der Waals surface area contributed by atoms with Crippen LogP contribution in [0.4, 0.5) is 5.69 Å². The average Bonchev–Trinajstić information content (AvgIpc) is 3.44. The van der Waals surface area contributed by atoms with E-state index in [1.807, 2.05) is 71.4 Å². The summed E-state index contributed by atoms with van der Waals surface area (Å²) in [6.45, 7) is 0. The summed E-state index contributed by atoms with van der Waals surface area (Å²) in [6, 6.07) is 21.7. The molecule has 0 atom stereocenters. The van der Waals surface area contributed by atoms with Crippen molar-refractivity contribution in [2.45, 2.75) is 18.9 Å². The van der Waals surface area contributed by atoms with E-state index in [9.17, 15) is 4.79 Å². The van der Waals surface area contributed by atoms with Crippen LogP contribution in [0, 0.1) is 0 Å². The summed E-state index contributed by atoms with van der Waals surface area (Å²) >= 11 is 0. The Bertz CT molecular complexity index is 1130. The molecule has 1 aromatic heterocycles. The van der Waals surface area contributed by atoms with E-state index >= 15 is 0 Å². The van der Waals surface area contributed by atoms with Crippen molar-refractivity contribution in [3.8, 4) is 11.4 Å².